The highest BCUT2D eigenvalue weighted by atomic mass is 16.6. The van der Waals surface area contributed by atoms with Crippen LogP contribution in [0, 0.1) is 47.4 Å². The van der Waals surface area contributed by atoms with Crippen LogP contribution in [0.5, 0.6) is 0 Å². The Labute approximate surface area is 683 Å². The van der Waals surface area contributed by atoms with Crippen molar-refractivity contribution in [2.45, 2.75) is 130 Å². The van der Waals surface area contributed by atoms with Gasteiger partial charge < -0.3 is 107 Å². The number of amides is 9. The molecule has 117 heavy (non-hydrogen) atoms. The SMILES string of the molecule is CC(C)[C@H](N)C(=O)C[C@@H](CCCNC(N)=O)C(=O)O.CC(C)[C@H](NC(=O)CCOCCOCCOCCOCCNC(=O)CCC(=O)N1Cc2ccccc2C#Cc2ccccc21)C(=O)C[C@@H](CCCNC(N)=O)C(=O)O.O=C(O)CCOCCOCCOCCOCCNC(=O)CCC(=O)N1Cc2ccccc2C#Cc2ccccc21. The minimum Gasteiger partial charge on any atom is -0.481 e. The highest BCUT2D eigenvalue weighted by Crippen LogP contribution is 2.29. The number of carboxylic acid groups (broad SMARTS) is 3. The number of rotatable bonds is 55. The largest absolute Gasteiger partial charge is 0.481 e. The highest BCUT2D eigenvalue weighted by molar-refractivity contribution is 5.98. The van der Waals surface area contributed by atoms with E-state index in [0.29, 0.717) is 138 Å². The van der Waals surface area contributed by atoms with Gasteiger partial charge in [-0.15, -0.1) is 0 Å². The topological polar surface area (TPSA) is 484 Å². The van der Waals surface area contributed by atoms with Crippen LogP contribution >= 0.6 is 0 Å². The maximum atomic E-state index is 13.3. The number of aliphatic carboxylic acids is 3. The average molecular weight is 1630 g/mol. The number of primary amides is 2. The normalized spacial score (nSPS) is 12.6. The number of urea groups is 2. The maximum absolute atomic E-state index is 13.3. The molecule has 0 unspecified atom stereocenters. The quantitative estimate of drug-likeness (QED) is 0.0205. The first-order chi connectivity index (χ1) is 56.2. The van der Waals surface area contributed by atoms with Gasteiger partial charge in [0.1, 0.15) is 0 Å². The second-order valence-corrected chi connectivity index (χ2v) is 27.6. The lowest BCUT2D eigenvalue weighted by Gasteiger charge is -2.26. The zero-order valence-electron chi connectivity index (χ0n) is 67.4. The van der Waals surface area contributed by atoms with Gasteiger partial charge in [0.2, 0.25) is 29.5 Å². The number of ether oxygens (including phenoxy) is 8. The minimum atomic E-state index is -1.12. The molecule has 14 N–H and O–H groups in total. The summed E-state index contributed by atoms with van der Waals surface area (Å²) in [4.78, 5) is 146. The number of fused-ring (bicyclic) bond motifs is 4. The molecule has 2 aliphatic heterocycles. The molecule has 0 fully saturated rings. The van der Waals surface area contributed by atoms with E-state index < -0.39 is 53.9 Å². The number of anilines is 2. The summed E-state index contributed by atoms with van der Waals surface area (Å²) in [6, 6.07) is 27.8. The number of ketones is 2. The van der Waals surface area contributed by atoms with Gasteiger partial charge in [0.15, 0.2) is 11.6 Å². The van der Waals surface area contributed by atoms with Crippen LogP contribution in [0.3, 0.4) is 0 Å². The lowest BCUT2D eigenvalue weighted by Crippen LogP contribution is -2.45. The van der Waals surface area contributed by atoms with E-state index >= 15 is 0 Å². The van der Waals surface area contributed by atoms with Gasteiger partial charge >= 0.3 is 30.0 Å². The Kier molecular flexibility index (Phi) is 49.0. The number of hydrogen-bond donors (Lipinski definition) is 11. The van der Waals surface area contributed by atoms with E-state index in [1.54, 1.807) is 23.6 Å². The minimum absolute atomic E-state index is 0.0153. The Morgan fingerprint density at radius 2 is 0.735 bits per heavy atom. The Hall–Kier alpha value is -10.7. The van der Waals surface area contributed by atoms with Gasteiger partial charge in [-0.1, -0.05) is 112 Å². The zero-order chi connectivity index (χ0) is 85.5. The van der Waals surface area contributed by atoms with Crippen LogP contribution in [-0.4, -0.2) is 230 Å². The van der Waals surface area contributed by atoms with Gasteiger partial charge in [-0.25, -0.2) is 9.59 Å². The number of carbonyl (C=O) groups excluding carboxylic acids is 9. The molecule has 2 aliphatic rings. The molecule has 0 radical (unpaired) electrons. The number of Topliss-reactive ketones (excluding diaryl/α,β-unsaturated/α-hetero) is 2. The second-order valence-electron chi connectivity index (χ2n) is 27.6. The van der Waals surface area contributed by atoms with Gasteiger partial charge in [0, 0.05) is 93.4 Å². The van der Waals surface area contributed by atoms with Crippen molar-refractivity contribution in [3.8, 4) is 23.7 Å². The summed E-state index contributed by atoms with van der Waals surface area (Å²) in [6.07, 6.45) is 1.22. The van der Waals surface area contributed by atoms with E-state index in [2.05, 4.69) is 50.3 Å². The number of nitrogens with one attached hydrogen (secondary N) is 5. The number of para-hydroxylation sites is 2. The number of nitrogens with zero attached hydrogens (tertiary/aromatic N) is 2. The van der Waals surface area contributed by atoms with Crippen LogP contribution in [-0.2, 0) is 98.9 Å². The lowest BCUT2D eigenvalue weighted by atomic mass is 9.90. The van der Waals surface area contributed by atoms with Gasteiger partial charge in [0.05, 0.1) is 161 Å². The average Bonchev–Trinajstić information content (AvgIpc) is 0.809. The van der Waals surface area contributed by atoms with E-state index in [-0.39, 0.29) is 137 Å². The van der Waals surface area contributed by atoms with Crippen LogP contribution in [0.4, 0.5) is 21.0 Å². The fraction of sp³-hybridized carbons (Fsp3) is 0.524. The molecule has 0 bridgehead atoms. The van der Waals surface area contributed by atoms with Crippen LogP contribution in [0.1, 0.15) is 138 Å². The predicted molar refractivity (Wildman–Crippen MR) is 433 cm³/mol. The number of nitrogens with two attached hydrogens (primary N) is 3. The third-order valence-electron chi connectivity index (χ3n) is 17.9. The van der Waals surface area contributed by atoms with Gasteiger partial charge in [0.25, 0.3) is 0 Å². The van der Waals surface area contributed by atoms with Gasteiger partial charge in [-0.3, -0.25) is 47.9 Å². The molecule has 33 nitrogen and oxygen atoms in total. The Morgan fingerprint density at radius 3 is 1.10 bits per heavy atom. The van der Waals surface area contributed by atoms with E-state index in [1.165, 1.54) is 0 Å². The molecule has 0 saturated heterocycles. The molecule has 9 amide bonds. The summed E-state index contributed by atoms with van der Waals surface area (Å²) in [6.45, 7) is 14.2. The number of carbonyl (C=O) groups is 12. The molecule has 4 aromatic rings. The summed E-state index contributed by atoms with van der Waals surface area (Å²) in [5.74, 6) is 5.99. The van der Waals surface area contributed by atoms with E-state index in [0.717, 1.165) is 44.8 Å². The maximum Gasteiger partial charge on any atom is 0.312 e. The van der Waals surface area contributed by atoms with Crippen molar-refractivity contribution in [2.75, 3.05) is 142 Å². The highest BCUT2D eigenvalue weighted by Gasteiger charge is 2.31. The van der Waals surface area contributed by atoms with Crippen LogP contribution in [0.15, 0.2) is 97.1 Å². The zero-order valence-corrected chi connectivity index (χ0v) is 67.4. The van der Waals surface area contributed by atoms with Crippen molar-refractivity contribution in [3.05, 3.63) is 130 Å². The van der Waals surface area contributed by atoms with Crippen LogP contribution in [0.25, 0.3) is 0 Å². The molecule has 4 aromatic carbocycles. The van der Waals surface area contributed by atoms with E-state index in [9.17, 15) is 62.6 Å². The van der Waals surface area contributed by atoms with Crippen molar-refractivity contribution in [1.82, 2.24) is 26.6 Å². The van der Waals surface area contributed by atoms with Gasteiger partial charge in [-0.05, 0) is 85.0 Å². The van der Waals surface area contributed by atoms with Crippen molar-refractivity contribution in [3.63, 3.8) is 0 Å². The van der Waals surface area contributed by atoms with E-state index in [1.807, 2.05) is 111 Å². The number of carboxylic acids is 3. The Balaban J connectivity index is 0.000000419. The first kappa shape index (κ1) is 98.6. The van der Waals surface area contributed by atoms with Crippen molar-refractivity contribution in [1.29, 1.82) is 0 Å². The summed E-state index contributed by atoms with van der Waals surface area (Å²) < 4.78 is 43.2. The van der Waals surface area contributed by atoms with E-state index in [4.69, 9.17) is 65.3 Å². The van der Waals surface area contributed by atoms with Crippen molar-refractivity contribution < 1.29 is 111 Å². The Bertz CT molecular complexity index is 3930. The first-order valence-electron chi connectivity index (χ1n) is 39.2. The van der Waals surface area contributed by atoms with Crippen molar-refractivity contribution in [2.24, 2.45) is 40.9 Å². The molecular formula is C84H116N10O23. The van der Waals surface area contributed by atoms with Gasteiger partial charge in [-0.2, -0.15) is 0 Å². The molecule has 0 aliphatic carbocycles. The third-order valence-corrected chi connectivity index (χ3v) is 17.9. The molecule has 4 atom stereocenters. The lowest BCUT2D eigenvalue weighted by molar-refractivity contribution is -0.144. The molecule has 0 aromatic heterocycles. The number of benzene rings is 4. The molecular weight excluding hydrogens is 1520 g/mol. The summed E-state index contributed by atoms with van der Waals surface area (Å²) in [5.41, 5.74) is 22.3. The molecule has 2 heterocycles. The molecule has 640 valence electrons. The first-order valence-corrected chi connectivity index (χ1v) is 39.2. The van der Waals surface area contributed by atoms with Crippen LogP contribution < -0.4 is 53.6 Å². The summed E-state index contributed by atoms with van der Waals surface area (Å²) >= 11 is 0. The molecule has 0 spiro atoms. The fourth-order valence-corrected chi connectivity index (χ4v) is 11.4. The molecule has 0 saturated carbocycles. The molecule has 6 rings (SSSR count). The number of hydrogen-bond acceptors (Lipinski definition) is 21. The summed E-state index contributed by atoms with van der Waals surface area (Å²) in [7, 11) is 0. The predicted octanol–water partition coefficient (Wildman–Crippen LogP) is 4.98. The monoisotopic (exact) mass is 1630 g/mol. The van der Waals surface area contributed by atoms with Crippen LogP contribution in [0.2, 0.25) is 0 Å². The standard InChI is InChI=1S/C42H57N5O11.C30H36N2O8.C12H23N3O4/c1-30(2)40(36(48)28-33(41(52)53)11-7-18-45-42(43)54)46-38(50)17-20-55-22-24-57-26-27-58-25-23-56-21-19-44-37(49)15-16-39(51)47-29-34-10-4-3-8-31(34)13-14-32-9-5-6-12-35(32)47;33-28(31-14-16-38-18-20-40-22-21-39-19-17-37-15-13-30(35)36)11-12-29(34)32-23-26-7-2-1-5-24(26)9-10-25-6-3-4-8-27(25)32;1-7(2)10(13)9(16)6-8(11(17)18)4-3-5-15-12(14)19/h3-6,8-10,12,30,33,40H,7,11,15-29H2,1-2H3,(H,44,49)(H,46,50)(H,52,53)(H3,43,45,54);1-8H,11-23H2,(H,31,33)(H,35,36);7-8,10H,3-6,13H2,1-2H3,(H,17,18)(H3,14,15,19)/t33-,40+;;8-,10+/m1.1/s1. The molecule has 33 heteroatoms. The smallest absolute Gasteiger partial charge is 0.312 e. The second kappa shape index (κ2) is 58.2. The van der Waals surface area contributed by atoms with Crippen molar-refractivity contribution >= 4 is 82.4 Å². The fourth-order valence-electron chi connectivity index (χ4n) is 11.4. The Morgan fingerprint density at radius 1 is 0.393 bits per heavy atom. The summed E-state index contributed by atoms with van der Waals surface area (Å²) in [5, 5.41) is 40.1. The third kappa shape index (κ3) is 42.1.